The second kappa shape index (κ2) is 3.38. The number of anilines is 1. The van der Waals surface area contributed by atoms with Gasteiger partial charge in [0.1, 0.15) is 0 Å². The van der Waals surface area contributed by atoms with E-state index in [0.717, 1.165) is 0 Å². The lowest BCUT2D eigenvalue weighted by Crippen LogP contribution is -2.11. The summed E-state index contributed by atoms with van der Waals surface area (Å²) in [6, 6.07) is 0. The van der Waals surface area contributed by atoms with Crippen molar-refractivity contribution >= 4 is 21.6 Å². The third-order valence-corrected chi connectivity index (χ3v) is 2.42. The van der Waals surface area contributed by atoms with Gasteiger partial charge < -0.3 is 10.4 Å². The highest BCUT2D eigenvalue weighted by atomic mass is 79.9. The smallest absolute Gasteiger partial charge is 0.0762 e. The molecule has 0 aliphatic rings. The van der Waals surface area contributed by atoms with Gasteiger partial charge in [-0.1, -0.05) is 0 Å². The van der Waals surface area contributed by atoms with Crippen LogP contribution in [0.5, 0.6) is 0 Å². The molecule has 1 N–H and O–H groups in total. The van der Waals surface area contributed by atoms with Crippen molar-refractivity contribution in [2.75, 3.05) is 5.23 Å². The molecule has 4 nitrogen and oxygen atoms in total. The van der Waals surface area contributed by atoms with Crippen molar-refractivity contribution in [2.45, 2.75) is 13.8 Å². The van der Waals surface area contributed by atoms with E-state index in [1.807, 2.05) is 0 Å². The van der Waals surface area contributed by atoms with Crippen molar-refractivity contribution in [3.05, 3.63) is 27.1 Å². The van der Waals surface area contributed by atoms with E-state index < -0.39 is 0 Å². The lowest BCUT2D eigenvalue weighted by molar-refractivity contribution is 0.295. The number of pyridine rings is 1. The fourth-order valence-corrected chi connectivity index (χ4v) is 1.27. The molecule has 0 amide bonds. The van der Waals surface area contributed by atoms with E-state index in [1.165, 1.54) is 0 Å². The third kappa shape index (κ3) is 1.57. The Kier molecular flexibility index (Phi) is 2.66. The van der Waals surface area contributed by atoms with Crippen LogP contribution in [0.1, 0.15) is 11.3 Å². The van der Waals surface area contributed by atoms with Gasteiger partial charge in [0.25, 0.3) is 0 Å². The van der Waals surface area contributed by atoms with Gasteiger partial charge in [-0.3, -0.25) is 10.2 Å². The van der Waals surface area contributed by atoms with E-state index in [4.69, 9.17) is 5.21 Å². The molecule has 0 fully saturated rings. The van der Waals surface area contributed by atoms with Gasteiger partial charge in [-0.25, -0.2) is 0 Å². The number of rotatable bonds is 1. The van der Waals surface area contributed by atoms with Crippen LogP contribution in [-0.2, 0) is 0 Å². The Morgan fingerprint density at radius 3 is 2.58 bits per heavy atom. The zero-order chi connectivity index (χ0) is 9.30. The molecule has 5 heteroatoms. The second-order valence-electron chi connectivity index (χ2n) is 2.44. The third-order valence-electron chi connectivity index (χ3n) is 1.62. The molecule has 1 rings (SSSR count). The monoisotopic (exact) mass is 231 g/mol. The van der Waals surface area contributed by atoms with Crippen LogP contribution in [0.25, 0.3) is 0 Å². The Bertz CT molecular complexity index is 302. The molecule has 0 aliphatic heterocycles. The molecule has 1 heterocycles. The number of aromatic nitrogens is 1. The zero-order valence-electron chi connectivity index (χ0n) is 6.71. The molecule has 0 spiro atoms. The largest absolute Gasteiger partial charge is 0.733 e. The van der Waals surface area contributed by atoms with Crippen LogP contribution in [0, 0.1) is 19.1 Å². The van der Waals surface area contributed by atoms with Crippen molar-refractivity contribution in [2.24, 2.45) is 0 Å². The normalized spacial score (nSPS) is 10.1. The Morgan fingerprint density at radius 1 is 1.58 bits per heavy atom. The maximum atomic E-state index is 10.7. The fraction of sp³-hybridized carbons (Fsp3) is 0.286. The topological polar surface area (TPSA) is 59.4 Å². The van der Waals surface area contributed by atoms with E-state index in [9.17, 15) is 5.21 Å². The molecule has 1 aromatic rings. The highest BCUT2D eigenvalue weighted by Crippen LogP contribution is 2.27. The van der Waals surface area contributed by atoms with Gasteiger partial charge >= 0.3 is 0 Å². The number of hydrogen-bond acceptors (Lipinski definition) is 4. The Labute approximate surface area is 78.5 Å². The van der Waals surface area contributed by atoms with Gasteiger partial charge in [0.15, 0.2) is 0 Å². The van der Waals surface area contributed by atoms with Gasteiger partial charge in [0, 0.05) is 10.7 Å². The standard InChI is InChI=1S/C7H8BrN2O2/c1-4-6(8)3-9-5(2)7(4)10(11)12/h3,11H,1-2H3/q-1. The predicted octanol–water partition coefficient (Wildman–Crippen LogP) is 2.15. The Morgan fingerprint density at radius 2 is 2.17 bits per heavy atom. The van der Waals surface area contributed by atoms with Gasteiger partial charge in [-0.05, 0) is 35.3 Å². The average molecular weight is 232 g/mol. The first-order chi connectivity index (χ1) is 5.54. The molecular weight excluding hydrogens is 224 g/mol. The first-order valence-corrected chi connectivity index (χ1v) is 4.11. The van der Waals surface area contributed by atoms with Crippen LogP contribution in [-0.4, -0.2) is 10.2 Å². The lowest BCUT2D eigenvalue weighted by Gasteiger charge is -2.25. The fourth-order valence-electron chi connectivity index (χ4n) is 0.978. The molecule has 1 aromatic heterocycles. The summed E-state index contributed by atoms with van der Waals surface area (Å²) in [5.41, 5.74) is 1.39. The van der Waals surface area contributed by atoms with E-state index in [-0.39, 0.29) is 10.9 Å². The summed E-state index contributed by atoms with van der Waals surface area (Å²) < 4.78 is 0.706. The number of halogens is 1. The zero-order valence-corrected chi connectivity index (χ0v) is 8.29. The summed E-state index contributed by atoms with van der Waals surface area (Å²) in [4.78, 5) is 3.91. The molecule has 12 heavy (non-hydrogen) atoms. The SMILES string of the molecule is Cc1ncc(Br)c(C)c1N([O-])O. The van der Waals surface area contributed by atoms with Crippen molar-refractivity contribution in [3.8, 4) is 0 Å². The molecular formula is C7H8BrN2O2-. The molecule has 0 bridgehead atoms. The lowest BCUT2D eigenvalue weighted by atomic mass is 10.2. The van der Waals surface area contributed by atoms with Crippen LogP contribution < -0.4 is 5.23 Å². The highest BCUT2D eigenvalue weighted by molar-refractivity contribution is 9.10. The van der Waals surface area contributed by atoms with E-state index in [1.54, 1.807) is 20.0 Å². The minimum absolute atomic E-state index is 0.164. The van der Waals surface area contributed by atoms with E-state index in [2.05, 4.69) is 20.9 Å². The maximum absolute atomic E-state index is 10.7. The van der Waals surface area contributed by atoms with Gasteiger partial charge in [-0.2, -0.15) is 0 Å². The van der Waals surface area contributed by atoms with Crippen molar-refractivity contribution in [1.82, 2.24) is 4.98 Å². The quantitative estimate of drug-likeness (QED) is 0.753. The number of aryl methyl sites for hydroxylation is 1. The summed E-state index contributed by atoms with van der Waals surface area (Å²) >= 11 is 3.21. The second-order valence-corrected chi connectivity index (χ2v) is 3.29. The van der Waals surface area contributed by atoms with E-state index >= 15 is 0 Å². The summed E-state index contributed by atoms with van der Waals surface area (Å²) in [7, 11) is 0. The Balaban J connectivity index is 3.33. The summed E-state index contributed by atoms with van der Waals surface area (Å²) in [5.74, 6) is 0. The van der Waals surface area contributed by atoms with Crippen molar-refractivity contribution < 1.29 is 5.21 Å². The minimum atomic E-state index is -0.164. The first-order valence-electron chi connectivity index (χ1n) is 3.32. The van der Waals surface area contributed by atoms with Crippen molar-refractivity contribution in [1.29, 1.82) is 0 Å². The van der Waals surface area contributed by atoms with Gasteiger partial charge in [-0.15, -0.1) is 0 Å². The van der Waals surface area contributed by atoms with Gasteiger partial charge in [0.2, 0.25) is 0 Å². The van der Waals surface area contributed by atoms with E-state index in [0.29, 0.717) is 15.7 Å². The maximum Gasteiger partial charge on any atom is 0.0762 e. The summed E-state index contributed by atoms with van der Waals surface area (Å²) in [5, 5.41) is 19.2. The van der Waals surface area contributed by atoms with Crippen LogP contribution in [0.2, 0.25) is 0 Å². The molecule has 0 radical (unpaired) electrons. The molecule has 0 atom stereocenters. The molecule has 0 aliphatic carbocycles. The number of hydrogen-bond donors (Lipinski definition) is 1. The first kappa shape index (κ1) is 9.44. The minimum Gasteiger partial charge on any atom is -0.733 e. The highest BCUT2D eigenvalue weighted by Gasteiger charge is 2.06. The van der Waals surface area contributed by atoms with Crippen LogP contribution in [0.4, 0.5) is 5.69 Å². The van der Waals surface area contributed by atoms with Crippen LogP contribution >= 0.6 is 15.9 Å². The molecule has 0 aromatic carbocycles. The van der Waals surface area contributed by atoms with Crippen molar-refractivity contribution in [3.63, 3.8) is 0 Å². The number of nitrogens with zero attached hydrogens (tertiary/aromatic N) is 2. The van der Waals surface area contributed by atoms with Crippen LogP contribution in [0.15, 0.2) is 10.7 Å². The molecule has 0 saturated carbocycles. The summed E-state index contributed by atoms with van der Waals surface area (Å²) in [6.07, 6.45) is 1.59. The predicted molar refractivity (Wildman–Crippen MR) is 49.0 cm³/mol. The average Bonchev–Trinajstić information content (AvgIpc) is 1.97. The Hall–Kier alpha value is -0.650. The van der Waals surface area contributed by atoms with Crippen LogP contribution in [0.3, 0.4) is 0 Å². The molecule has 66 valence electrons. The summed E-state index contributed by atoms with van der Waals surface area (Å²) in [6.45, 7) is 3.39. The molecule has 0 saturated heterocycles. The molecule has 0 unspecified atom stereocenters. The van der Waals surface area contributed by atoms with Gasteiger partial charge in [0.05, 0.1) is 11.4 Å².